The number of aliphatic hydroxyl groups excluding tert-OH is 2. The third kappa shape index (κ3) is 6.06. The molecular formula is C20H24FN10O10P2S2+. The first-order valence-electron chi connectivity index (χ1n) is 12.8. The van der Waals surface area contributed by atoms with E-state index in [-0.39, 0.29) is 34.1 Å². The van der Waals surface area contributed by atoms with Gasteiger partial charge in [-0.1, -0.05) is 0 Å². The van der Waals surface area contributed by atoms with E-state index in [0.717, 1.165) is 12.7 Å². The first-order chi connectivity index (χ1) is 21.4. The number of imidazole rings is 2. The van der Waals surface area contributed by atoms with E-state index in [1.165, 1.54) is 15.5 Å². The Morgan fingerprint density at radius 1 is 1.11 bits per heavy atom. The summed E-state index contributed by atoms with van der Waals surface area (Å²) in [4.78, 5) is 45.6. The minimum absolute atomic E-state index is 0.0472. The Bertz CT molecular complexity index is 1870. The minimum atomic E-state index is -4.33. The summed E-state index contributed by atoms with van der Waals surface area (Å²) < 4.78 is 57.8. The van der Waals surface area contributed by atoms with Gasteiger partial charge in [0.15, 0.2) is 47.4 Å². The molecule has 6 heterocycles. The van der Waals surface area contributed by atoms with Gasteiger partial charge in [0.1, 0.15) is 48.5 Å². The van der Waals surface area contributed by atoms with E-state index in [9.17, 15) is 24.5 Å². The van der Waals surface area contributed by atoms with Crippen LogP contribution in [0.5, 0.6) is 0 Å². The van der Waals surface area contributed by atoms with Gasteiger partial charge in [-0.05, 0) is 16.4 Å². The SMILES string of the molecule is Nc1nc2c(ncn2[C@@H]2O[C@H](CO)C(O)[C@@H]2OP(O)(=S)OC[C@H]2O[C@@H](n3cnc4c(N)ncnc43)[C@@H](F)C2O[P+](=O)S)c(=O)[nH]1. The maximum absolute atomic E-state index is 15.7. The summed E-state index contributed by atoms with van der Waals surface area (Å²) in [6.07, 6.45) is -8.30. The monoisotopic (exact) mass is 709 g/mol. The van der Waals surface area contributed by atoms with Crippen molar-refractivity contribution in [3.63, 3.8) is 0 Å². The highest BCUT2D eigenvalue weighted by atomic mass is 32.7. The van der Waals surface area contributed by atoms with Crippen LogP contribution in [0.2, 0.25) is 0 Å². The van der Waals surface area contributed by atoms with Crippen LogP contribution in [-0.2, 0) is 39.4 Å². The molecule has 0 radical (unpaired) electrons. The zero-order chi connectivity index (χ0) is 32.2. The number of aromatic amines is 1. The van der Waals surface area contributed by atoms with Gasteiger partial charge in [-0.3, -0.25) is 23.4 Å². The van der Waals surface area contributed by atoms with Gasteiger partial charge >= 0.3 is 13.9 Å². The van der Waals surface area contributed by atoms with E-state index in [1.54, 1.807) is 0 Å². The number of nitrogens with zero attached hydrogens (tertiary/aromatic N) is 7. The molecule has 0 bridgehead atoms. The summed E-state index contributed by atoms with van der Waals surface area (Å²) in [5.41, 5.74) is 11.0. The van der Waals surface area contributed by atoms with Crippen LogP contribution in [0, 0.1) is 0 Å². The molecule has 0 aromatic carbocycles. The highest BCUT2D eigenvalue weighted by molar-refractivity contribution is 8.39. The summed E-state index contributed by atoms with van der Waals surface area (Å²) in [6.45, 7) is -5.64. The average Bonchev–Trinajstić information content (AvgIpc) is 3.73. The van der Waals surface area contributed by atoms with Crippen molar-refractivity contribution in [3.05, 3.63) is 29.3 Å². The Balaban J connectivity index is 1.22. The lowest BCUT2D eigenvalue weighted by molar-refractivity contribution is -0.0542. The summed E-state index contributed by atoms with van der Waals surface area (Å²) in [5.74, 6) is -0.189. The smallest absolute Gasteiger partial charge is 0.394 e. The van der Waals surface area contributed by atoms with Crippen molar-refractivity contribution in [2.24, 2.45) is 0 Å². The van der Waals surface area contributed by atoms with Crippen molar-refractivity contribution >= 4 is 72.1 Å². The molecule has 0 amide bonds. The average molecular weight is 710 g/mol. The van der Waals surface area contributed by atoms with Gasteiger partial charge in [0.05, 0.1) is 25.9 Å². The fourth-order valence-electron chi connectivity index (χ4n) is 5.03. The fraction of sp³-hybridized carbons (Fsp3) is 0.500. The number of hydrogen-bond acceptors (Lipinski definition) is 17. The summed E-state index contributed by atoms with van der Waals surface area (Å²) in [5, 5.41) is 20.6. The highest BCUT2D eigenvalue weighted by Crippen LogP contribution is 2.51. The molecule has 45 heavy (non-hydrogen) atoms. The van der Waals surface area contributed by atoms with Crippen molar-refractivity contribution in [2.75, 3.05) is 24.7 Å². The second kappa shape index (κ2) is 12.4. The summed E-state index contributed by atoms with van der Waals surface area (Å²) >= 11 is 8.89. The molecule has 2 aliphatic heterocycles. The number of anilines is 2. The number of rotatable bonds is 10. The molecular weight excluding hydrogens is 685 g/mol. The van der Waals surface area contributed by atoms with Crippen LogP contribution in [0.15, 0.2) is 23.8 Å². The maximum atomic E-state index is 15.7. The number of H-pyrrole nitrogens is 1. The van der Waals surface area contributed by atoms with Crippen LogP contribution in [0.25, 0.3) is 22.3 Å². The van der Waals surface area contributed by atoms with Gasteiger partial charge in [0.25, 0.3) is 5.56 Å². The van der Waals surface area contributed by atoms with Gasteiger partial charge in [-0.15, -0.1) is 4.52 Å². The molecule has 0 spiro atoms. The summed E-state index contributed by atoms with van der Waals surface area (Å²) in [6, 6.07) is 0. The predicted octanol–water partition coefficient (Wildman–Crippen LogP) is -0.799. The molecule has 0 saturated carbocycles. The molecule has 2 saturated heterocycles. The molecule has 10 atom stereocenters. The number of fused-ring (bicyclic) bond motifs is 2. The molecule has 2 fully saturated rings. The normalized spacial score (nSPS) is 30.3. The standard InChI is InChI=1S/C20H23FN10O10P2S2/c21-8-12(40-42(35)44)7(39-18(8)30-4-26-9-14(22)24-3-25-15(9)30)2-37-43(36,45)41-13-11(33)6(1-32)38-19(13)31-5-27-10-16(31)28-20(23)29-17(10)34/h3-8,11-13,18-19,32-33H,1-2H2,(H6-,22,23,24,25,28,29,34,35,36,44,45)/p+1/t6-,7-,8+,11?,12?,13+,18-,19-,43?/m1/s1. The number of nitrogen functional groups attached to an aromatic ring is 2. The third-order valence-electron chi connectivity index (χ3n) is 7.01. The van der Waals surface area contributed by atoms with E-state index >= 15 is 4.39 Å². The Morgan fingerprint density at radius 2 is 1.80 bits per heavy atom. The number of aliphatic hydroxyl groups is 2. The Hall–Kier alpha value is -2.79. The quantitative estimate of drug-likeness (QED) is 0.0784. The van der Waals surface area contributed by atoms with Crippen LogP contribution in [-0.4, -0.2) is 104 Å². The van der Waals surface area contributed by atoms with E-state index in [2.05, 4.69) is 42.2 Å². The fourth-order valence-corrected chi connectivity index (χ4v) is 7.23. The topological polar surface area (TPSA) is 283 Å². The maximum Gasteiger partial charge on any atom is 0.582 e. The third-order valence-corrected chi connectivity index (χ3v) is 9.28. The van der Waals surface area contributed by atoms with E-state index in [4.69, 9.17) is 46.3 Å². The lowest BCUT2D eigenvalue weighted by Gasteiger charge is -2.27. The van der Waals surface area contributed by atoms with Crippen LogP contribution in [0.1, 0.15) is 12.5 Å². The van der Waals surface area contributed by atoms with Gasteiger partial charge < -0.3 is 40.6 Å². The van der Waals surface area contributed by atoms with Gasteiger partial charge in [-0.2, -0.15) is 4.98 Å². The lowest BCUT2D eigenvalue weighted by atomic mass is 10.1. The molecule has 242 valence electrons. The molecule has 2 aliphatic rings. The minimum Gasteiger partial charge on any atom is -0.394 e. The van der Waals surface area contributed by atoms with E-state index < -0.39 is 81.9 Å². The zero-order valence-electron chi connectivity index (χ0n) is 22.4. The van der Waals surface area contributed by atoms with Crippen LogP contribution in [0.4, 0.5) is 16.2 Å². The highest BCUT2D eigenvalue weighted by Gasteiger charge is 2.53. The van der Waals surface area contributed by atoms with E-state index in [1.807, 2.05) is 0 Å². The molecule has 6 rings (SSSR count). The van der Waals surface area contributed by atoms with Crippen LogP contribution in [0.3, 0.4) is 0 Å². The zero-order valence-corrected chi connectivity index (χ0v) is 25.9. The Kier molecular flexibility index (Phi) is 8.89. The van der Waals surface area contributed by atoms with Crippen molar-refractivity contribution in [1.82, 2.24) is 39.0 Å². The van der Waals surface area contributed by atoms with Crippen molar-refractivity contribution in [3.8, 4) is 0 Å². The number of hydrogen-bond donors (Lipinski definition) is 7. The van der Waals surface area contributed by atoms with Crippen molar-refractivity contribution in [1.29, 1.82) is 0 Å². The largest absolute Gasteiger partial charge is 0.582 e. The number of alkyl halides is 1. The molecule has 4 unspecified atom stereocenters. The number of aromatic nitrogens is 8. The Labute approximate surface area is 261 Å². The van der Waals surface area contributed by atoms with Crippen molar-refractivity contribution in [2.45, 2.75) is 49.1 Å². The molecule has 0 aliphatic carbocycles. The molecule has 4 aromatic heterocycles. The first kappa shape index (κ1) is 32.2. The van der Waals surface area contributed by atoms with Crippen LogP contribution < -0.4 is 17.0 Å². The van der Waals surface area contributed by atoms with Gasteiger partial charge in [0, 0.05) is 0 Å². The van der Waals surface area contributed by atoms with Crippen LogP contribution >= 0.6 is 26.2 Å². The van der Waals surface area contributed by atoms with Crippen molar-refractivity contribution < 1.29 is 47.1 Å². The number of nitrogens with two attached hydrogens (primary N) is 2. The molecule has 20 nitrogen and oxygen atoms in total. The second-order valence-electron chi connectivity index (χ2n) is 9.75. The summed E-state index contributed by atoms with van der Waals surface area (Å²) in [7, 11) is -2.62. The second-order valence-corrected chi connectivity index (χ2v) is 14.2. The molecule has 8 N–H and O–H groups in total. The molecule has 4 aromatic rings. The lowest BCUT2D eigenvalue weighted by Crippen LogP contribution is -2.35. The number of nitrogens with one attached hydrogen (secondary N) is 1. The number of ether oxygens (including phenoxy) is 2. The number of halogens is 1. The number of thiol groups is 1. The first-order valence-corrected chi connectivity index (χ1v) is 17.7. The Morgan fingerprint density at radius 3 is 2.51 bits per heavy atom. The van der Waals surface area contributed by atoms with E-state index in [0.29, 0.717) is 0 Å². The molecule has 25 heteroatoms. The predicted molar refractivity (Wildman–Crippen MR) is 157 cm³/mol. The van der Waals surface area contributed by atoms with Gasteiger partial charge in [0.2, 0.25) is 5.95 Å². The van der Waals surface area contributed by atoms with Gasteiger partial charge in [-0.25, -0.2) is 24.3 Å².